The van der Waals surface area contributed by atoms with E-state index in [0.717, 1.165) is 17.1 Å². The van der Waals surface area contributed by atoms with Crippen LogP contribution in [0.25, 0.3) is 0 Å². The van der Waals surface area contributed by atoms with Crippen molar-refractivity contribution in [3.8, 4) is 11.5 Å². The largest absolute Gasteiger partial charge is 0.466 e. The Balaban J connectivity index is 1.67. The normalized spacial score (nSPS) is 12.6. The van der Waals surface area contributed by atoms with Gasteiger partial charge in [0.15, 0.2) is 0 Å². The van der Waals surface area contributed by atoms with Gasteiger partial charge in [0.25, 0.3) is 0 Å². The molecule has 0 radical (unpaired) electrons. The van der Waals surface area contributed by atoms with E-state index in [0.29, 0.717) is 13.2 Å². The number of carbonyl (C=O) groups excluding carboxylic acids is 1. The lowest BCUT2D eigenvalue weighted by atomic mass is 9.96. The topological polar surface area (TPSA) is 38.8 Å². The number of rotatable bonds is 11. The monoisotopic (exact) mass is 493 g/mol. The first-order valence-corrected chi connectivity index (χ1v) is 12.9. The highest BCUT2D eigenvalue weighted by Gasteiger charge is 2.29. The second-order valence-corrected chi connectivity index (χ2v) is 9.25. The second-order valence-electron chi connectivity index (χ2n) is 9.25. The van der Waals surface area contributed by atoms with Gasteiger partial charge >= 0.3 is 5.97 Å². The molecule has 4 aromatic carbocycles. The van der Waals surface area contributed by atoms with E-state index in [4.69, 9.17) is 9.47 Å². The highest BCUT2D eigenvalue weighted by atomic mass is 16.5. The van der Waals surface area contributed by atoms with E-state index in [2.05, 4.69) is 79.4 Å². The van der Waals surface area contributed by atoms with Crippen molar-refractivity contribution >= 4 is 5.97 Å². The van der Waals surface area contributed by atoms with E-state index < -0.39 is 0 Å². The molecule has 37 heavy (non-hydrogen) atoms. The number of esters is 1. The first-order chi connectivity index (χ1) is 18.0. The molecule has 0 unspecified atom stereocenters. The molecular formula is C33H35NO3. The van der Waals surface area contributed by atoms with Crippen molar-refractivity contribution < 1.29 is 14.3 Å². The zero-order valence-corrected chi connectivity index (χ0v) is 21.8. The van der Waals surface area contributed by atoms with Crippen LogP contribution >= 0.6 is 0 Å². The third kappa shape index (κ3) is 7.31. The Bertz CT molecular complexity index is 1240. The molecule has 4 heteroatoms. The van der Waals surface area contributed by atoms with Crippen LogP contribution in [0.2, 0.25) is 0 Å². The molecule has 0 saturated carbocycles. The summed E-state index contributed by atoms with van der Waals surface area (Å²) in [6.45, 7) is 7.16. The van der Waals surface area contributed by atoms with Crippen LogP contribution in [0.1, 0.15) is 54.6 Å². The summed E-state index contributed by atoms with van der Waals surface area (Å²) >= 11 is 0. The highest BCUT2D eigenvalue weighted by Crippen LogP contribution is 2.36. The number of benzene rings is 4. The first-order valence-electron chi connectivity index (χ1n) is 12.9. The third-order valence-electron chi connectivity index (χ3n) is 6.57. The van der Waals surface area contributed by atoms with Crippen molar-refractivity contribution in [2.75, 3.05) is 6.61 Å². The van der Waals surface area contributed by atoms with Gasteiger partial charge in [-0.3, -0.25) is 9.69 Å². The molecular weight excluding hydrogens is 458 g/mol. The second kappa shape index (κ2) is 12.9. The standard InChI is InChI=1S/C33H35NO3/c1-4-36-33(35)23-32(29-17-21-31(22-18-29)37-30-19-15-25(2)16-20-30)34(24-27-11-7-5-8-12-27)26(3)28-13-9-6-10-14-28/h5-22,26,32H,4,23-24H2,1-3H3/t26-,32+/m1/s1. The fourth-order valence-corrected chi connectivity index (χ4v) is 4.54. The van der Waals surface area contributed by atoms with E-state index in [1.807, 2.05) is 55.5 Å². The van der Waals surface area contributed by atoms with Crippen LogP contribution in [-0.2, 0) is 16.1 Å². The fourth-order valence-electron chi connectivity index (χ4n) is 4.54. The predicted molar refractivity (Wildman–Crippen MR) is 149 cm³/mol. The smallest absolute Gasteiger partial charge is 0.307 e. The minimum atomic E-state index is -0.203. The van der Waals surface area contributed by atoms with E-state index >= 15 is 0 Å². The van der Waals surface area contributed by atoms with Crippen molar-refractivity contribution in [1.29, 1.82) is 0 Å². The zero-order valence-electron chi connectivity index (χ0n) is 21.8. The summed E-state index contributed by atoms with van der Waals surface area (Å²) in [6.07, 6.45) is 0.260. The molecule has 0 aliphatic rings. The molecule has 0 heterocycles. The molecule has 0 aliphatic heterocycles. The van der Waals surface area contributed by atoms with Crippen molar-refractivity contribution in [2.45, 2.75) is 45.8 Å². The van der Waals surface area contributed by atoms with E-state index in [1.54, 1.807) is 0 Å². The average molecular weight is 494 g/mol. The van der Waals surface area contributed by atoms with Gasteiger partial charge in [-0.2, -0.15) is 0 Å². The molecule has 0 N–H and O–H groups in total. The van der Waals surface area contributed by atoms with Crippen molar-refractivity contribution in [2.24, 2.45) is 0 Å². The number of hydrogen-bond donors (Lipinski definition) is 0. The van der Waals surface area contributed by atoms with Crippen molar-refractivity contribution in [3.63, 3.8) is 0 Å². The van der Waals surface area contributed by atoms with Crippen LogP contribution in [0, 0.1) is 6.92 Å². The lowest BCUT2D eigenvalue weighted by Gasteiger charge is -2.37. The lowest BCUT2D eigenvalue weighted by molar-refractivity contribution is -0.145. The molecule has 0 aliphatic carbocycles. The van der Waals surface area contributed by atoms with Crippen LogP contribution in [-0.4, -0.2) is 17.5 Å². The molecule has 4 rings (SSSR count). The Morgan fingerprint density at radius 2 is 1.32 bits per heavy atom. The van der Waals surface area contributed by atoms with Gasteiger partial charge in [-0.05, 0) is 61.7 Å². The van der Waals surface area contributed by atoms with Crippen molar-refractivity contribution in [1.82, 2.24) is 4.90 Å². The summed E-state index contributed by atoms with van der Waals surface area (Å²) in [7, 11) is 0. The maximum Gasteiger partial charge on any atom is 0.307 e. The van der Waals surface area contributed by atoms with Gasteiger partial charge < -0.3 is 9.47 Å². The number of ether oxygens (including phenoxy) is 2. The summed E-state index contributed by atoms with van der Waals surface area (Å²) < 4.78 is 11.5. The molecule has 0 amide bonds. The minimum Gasteiger partial charge on any atom is -0.466 e. The minimum absolute atomic E-state index is 0.0734. The predicted octanol–water partition coefficient (Wildman–Crippen LogP) is 8.05. The van der Waals surface area contributed by atoms with E-state index in [-0.39, 0.29) is 24.5 Å². The van der Waals surface area contributed by atoms with Gasteiger partial charge in [-0.15, -0.1) is 0 Å². The Hall–Kier alpha value is -3.89. The van der Waals surface area contributed by atoms with E-state index in [9.17, 15) is 4.79 Å². The first kappa shape index (κ1) is 26.2. The molecule has 0 bridgehead atoms. The summed E-state index contributed by atoms with van der Waals surface area (Å²) in [5, 5.41) is 0. The summed E-state index contributed by atoms with van der Waals surface area (Å²) in [5.74, 6) is 1.35. The molecule has 4 aromatic rings. The van der Waals surface area contributed by atoms with Crippen LogP contribution < -0.4 is 4.74 Å². The molecule has 2 atom stereocenters. The SMILES string of the molecule is CCOC(=O)C[C@@H](c1ccc(Oc2ccc(C)cc2)cc1)N(Cc1ccccc1)[C@H](C)c1ccccc1. The molecule has 0 aromatic heterocycles. The maximum atomic E-state index is 12.8. The Morgan fingerprint density at radius 1 is 0.757 bits per heavy atom. The number of nitrogens with zero attached hydrogens (tertiary/aromatic N) is 1. The van der Waals surface area contributed by atoms with Gasteiger partial charge in [-0.25, -0.2) is 0 Å². The zero-order chi connectivity index (χ0) is 26.0. The van der Waals surface area contributed by atoms with Crippen LogP contribution in [0.3, 0.4) is 0 Å². The van der Waals surface area contributed by atoms with Crippen molar-refractivity contribution in [3.05, 3.63) is 131 Å². The van der Waals surface area contributed by atoms with Gasteiger partial charge in [0.05, 0.1) is 13.0 Å². The van der Waals surface area contributed by atoms with Gasteiger partial charge in [0.2, 0.25) is 0 Å². The average Bonchev–Trinajstić information content (AvgIpc) is 2.93. The van der Waals surface area contributed by atoms with Crippen LogP contribution in [0.5, 0.6) is 11.5 Å². The molecule has 0 fully saturated rings. The van der Waals surface area contributed by atoms with Gasteiger partial charge in [0, 0.05) is 18.6 Å². The van der Waals surface area contributed by atoms with Gasteiger partial charge in [-0.1, -0.05) is 90.5 Å². The fraction of sp³-hybridized carbons (Fsp3) is 0.242. The summed E-state index contributed by atoms with van der Waals surface area (Å²) in [4.78, 5) is 15.2. The molecule has 0 spiro atoms. The Labute approximate surface area is 220 Å². The quantitative estimate of drug-likeness (QED) is 0.198. The number of carbonyl (C=O) groups is 1. The van der Waals surface area contributed by atoms with Gasteiger partial charge in [0.1, 0.15) is 11.5 Å². The highest BCUT2D eigenvalue weighted by molar-refractivity contribution is 5.70. The molecule has 190 valence electrons. The van der Waals surface area contributed by atoms with Crippen LogP contribution in [0.4, 0.5) is 0 Å². The van der Waals surface area contributed by atoms with E-state index in [1.165, 1.54) is 16.7 Å². The number of hydrogen-bond acceptors (Lipinski definition) is 4. The summed E-state index contributed by atoms with van der Waals surface area (Å²) in [6, 6.07) is 36.8. The third-order valence-corrected chi connectivity index (χ3v) is 6.57. The summed E-state index contributed by atoms with van der Waals surface area (Å²) in [5.41, 5.74) is 4.63. The molecule has 0 saturated heterocycles. The van der Waals surface area contributed by atoms with Crippen LogP contribution in [0.15, 0.2) is 109 Å². The Morgan fingerprint density at radius 3 is 1.92 bits per heavy atom. The lowest BCUT2D eigenvalue weighted by Crippen LogP contribution is -2.33. The molecule has 4 nitrogen and oxygen atoms in total. The maximum absolute atomic E-state index is 12.8. The number of aryl methyl sites for hydroxylation is 1. The Kier molecular flexibility index (Phi) is 9.12.